The monoisotopic (exact) mass is 417 g/mol. The molecule has 2 N–H and O–H groups in total. The van der Waals surface area contributed by atoms with Crippen LogP contribution >= 0.6 is 22.9 Å². The number of rotatable bonds is 6. The van der Waals surface area contributed by atoms with Crippen LogP contribution in [0.5, 0.6) is 0 Å². The van der Waals surface area contributed by atoms with Gasteiger partial charge in [0.2, 0.25) is 0 Å². The Kier molecular flexibility index (Phi) is 5.86. The van der Waals surface area contributed by atoms with Gasteiger partial charge in [-0.2, -0.15) is 0 Å². The number of nitrogens with zero attached hydrogens (tertiary/aromatic N) is 2. The van der Waals surface area contributed by atoms with Gasteiger partial charge in [-0.05, 0) is 50.1 Å². The number of carboxylic acid groups (broad SMARTS) is 1. The molecule has 0 aliphatic carbocycles. The van der Waals surface area contributed by atoms with E-state index in [9.17, 15) is 14.7 Å². The third-order valence-electron chi connectivity index (χ3n) is 4.54. The number of carbonyl (C=O) groups is 1. The summed E-state index contributed by atoms with van der Waals surface area (Å²) in [5.74, 6) is -0.860. The Morgan fingerprint density at radius 2 is 1.93 bits per heavy atom. The maximum absolute atomic E-state index is 12.4. The fourth-order valence-corrected chi connectivity index (χ4v) is 4.28. The lowest BCUT2D eigenvalue weighted by Crippen LogP contribution is -2.21. The zero-order valence-electron chi connectivity index (χ0n) is 15.7. The largest absolute Gasteiger partial charge is 0.477 e. The van der Waals surface area contributed by atoms with Gasteiger partial charge in [-0.15, -0.1) is 11.3 Å². The second kappa shape index (κ2) is 8.16. The van der Waals surface area contributed by atoms with Crippen LogP contribution in [-0.2, 0) is 0 Å². The molecule has 0 atom stereocenters. The van der Waals surface area contributed by atoms with E-state index in [1.54, 1.807) is 13.0 Å². The van der Waals surface area contributed by atoms with Crippen LogP contribution < -0.4 is 10.5 Å². The van der Waals surface area contributed by atoms with Crippen LogP contribution in [0, 0.1) is 6.92 Å². The molecule has 2 heterocycles. The first-order valence-corrected chi connectivity index (χ1v) is 10.0. The van der Waals surface area contributed by atoms with Crippen molar-refractivity contribution < 1.29 is 9.90 Å². The summed E-state index contributed by atoms with van der Waals surface area (Å²) in [6, 6.07) is 7.93. The van der Waals surface area contributed by atoms with E-state index in [1.807, 2.05) is 24.3 Å². The summed E-state index contributed by atoms with van der Waals surface area (Å²) >= 11 is 7.36. The first kappa shape index (κ1) is 20.1. The lowest BCUT2D eigenvalue weighted by Gasteiger charge is -2.20. The lowest BCUT2D eigenvalue weighted by molar-refractivity contribution is 0.0701. The molecule has 28 heavy (non-hydrogen) atoms. The van der Waals surface area contributed by atoms with Gasteiger partial charge in [0.1, 0.15) is 9.71 Å². The van der Waals surface area contributed by atoms with Crippen molar-refractivity contribution >= 4 is 55.9 Å². The van der Waals surface area contributed by atoms with Gasteiger partial charge in [-0.1, -0.05) is 23.7 Å². The highest BCUT2D eigenvalue weighted by Crippen LogP contribution is 2.29. The van der Waals surface area contributed by atoms with Gasteiger partial charge in [0.25, 0.3) is 5.56 Å². The predicted molar refractivity (Wildman–Crippen MR) is 116 cm³/mol. The zero-order chi connectivity index (χ0) is 20.4. The highest BCUT2D eigenvalue weighted by atomic mass is 35.5. The molecule has 0 aliphatic heterocycles. The van der Waals surface area contributed by atoms with E-state index in [1.165, 1.54) is 0 Å². The van der Waals surface area contributed by atoms with Crippen molar-refractivity contribution in [1.82, 2.24) is 9.97 Å². The van der Waals surface area contributed by atoms with Crippen LogP contribution in [-0.4, -0.2) is 34.1 Å². The SMILES string of the molecule is CCN(CC)c1ccc(/C=C(\Cl)c2nc3sc(C(=O)O)c(C)c3c(=O)[nH]2)cc1. The Morgan fingerprint density at radius 3 is 2.50 bits per heavy atom. The highest BCUT2D eigenvalue weighted by Gasteiger charge is 2.19. The molecule has 0 bridgehead atoms. The van der Waals surface area contributed by atoms with Crippen LogP contribution in [0.3, 0.4) is 0 Å². The number of halogens is 1. The molecular weight excluding hydrogens is 398 g/mol. The van der Waals surface area contributed by atoms with Crippen LogP contribution in [0.25, 0.3) is 21.3 Å². The van der Waals surface area contributed by atoms with Crippen LogP contribution in [0.4, 0.5) is 5.69 Å². The minimum absolute atomic E-state index is 0.109. The molecule has 0 unspecified atom stereocenters. The Hall–Kier alpha value is -2.64. The van der Waals surface area contributed by atoms with Crippen molar-refractivity contribution in [3.8, 4) is 0 Å². The minimum Gasteiger partial charge on any atom is -0.477 e. The van der Waals surface area contributed by atoms with Crippen molar-refractivity contribution in [3.63, 3.8) is 0 Å². The number of aryl methyl sites for hydroxylation is 1. The number of aromatic amines is 1. The van der Waals surface area contributed by atoms with Gasteiger partial charge in [0, 0.05) is 18.8 Å². The van der Waals surface area contributed by atoms with Crippen LogP contribution in [0.1, 0.15) is 40.5 Å². The number of benzene rings is 1. The number of nitrogens with one attached hydrogen (secondary N) is 1. The maximum atomic E-state index is 12.4. The molecule has 0 spiro atoms. The number of aromatic nitrogens is 2. The van der Waals surface area contributed by atoms with Crippen molar-refractivity contribution in [2.75, 3.05) is 18.0 Å². The minimum atomic E-state index is -1.07. The van der Waals surface area contributed by atoms with Gasteiger partial charge >= 0.3 is 5.97 Å². The fourth-order valence-electron chi connectivity index (χ4n) is 3.05. The van der Waals surface area contributed by atoms with E-state index < -0.39 is 11.5 Å². The van der Waals surface area contributed by atoms with Crippen LogP contribution in [0.15, 0.2) is 29.1 Å². The molecule has 1 aromatic carbocycles. The van der Waals surface area contributed by atoms with E-state index >= 15 is 0 Å². The summed E-state index contributed by atoms with van der Waals surface area (Å²) in [7, 11) is 0. The van der Waals surface area contributed by atoms with E-state index in [-0.39, 0.29) is 15.7 Å². The first-order chi connectivity index (χ1) is 13.3. The zero-order valence-corrected chi connectivity index (χ0v) is 17.3. The molecule has 3 rings (SSSR count). The summed E-state index contributed by atoms with van der Waals surface area (Å²) in [6.07, 6.45) is 1.72. The van der Waals surface area contributed by atoms with Gasteiger partial charge in [0.05, 0.1) is 10.4 Å². The summed E-state index contributed by atoms with van der Waals surface area (Å²) in [5, 5.41) is 9.82. The molecule has 0 amide bonds. The van der Waals surface area contributed by atoms with E-state index in [0.717, 1.165) is 35.7 Å². The molecule has 0 radical (unpaired) electrons. The summed E-state index contributed by atoms with van der Waals surface area (Å²) in [4.78, 5) is 33.5. The smallest absolute Gasteiger partial charge is 0.346 e. The number of thiophene rings is 1. The van der Waals surface area contributed by atoms with E-state index in [0.29, 0.717) is 15.8 Å². The standard InChI is InChI=1S/C20H20ClN3O3S/c1-4-24(5-2)13-8-6-12(7-9-13)10-14(21)17-22-18(25)15-11(3)16(20(26)27)28-19(15)23-17/h6-10H,4-5H2,1-3H3,(H,26,27)(H,22,23,25)/b14-10-. The van der Waals surface area contributed by atoms with Gasteiger partial charge in [-0.25, -0.2) is 9.78 Å². The number of carboxylic acids is 1. The highest BCUT2D eigenvalue weighted by molar-refractivity contribution is 7.20. The van der Waals surface area contributed by atoms with Gasteiger partial charge in [0.15, 0.2) is 5.82 Å². The van der Waals surface area contributed by atoms with Gasteiger partial charge < -0.3 is 15.0 Å². The predicted octanol–water partition coefficient (Wildman–Crippen LogP) is 4.57. The summed E-state index contributed by atoms with van der Waals surface area (Å²) in [6.45, 7) is 7.67. The normalized spacial score (nSPS) is 11.8. The molecule has 146 valence electrons. The summed E-state index contributed by atoms with van der Waals surface area (Å²) in [5.41, 5.74) is 2.02. The average Bonchev–Trinajstić information content (AvgIpc) is 3.01. The van der Waals surface area contributed by atoms with Crippen molar-refractivity contribution in [2.24, 2.45) is 0 Å². The number of hydrogen-bond donors (Lipinski definition) is 2. The average molecular weight is 418 g/mol. The number of anilines is 1. The quantitative estimate of drug-likeness (QED) is 0.613. The number of H-pyrrole nitrogens is 1. The summed E-state index contributed by atoms with van der Waals surface area (Å²) < 4.78 is 0. The molecule has 8 heteroatoms. The first-order valence-electron chi connectivity index (χ1n) is 8.85. The molecule has 2 aromatic heterocycles. The van der Waals surface area contributed by atoms with Crippen LogP contribution in [0.2, 0.25) is 0 Å². The molecule has 0 saturated carbocycles. The second-order valence-electron chi connectivity index (χ2n) is 6.21. The lowest BCUT2D eigenvalue weighted by atomic mass is 10.1. The van der Waals surface area contributed by atoms with E-state index in [2.05, 4.69) is 28.7 Å². The fraction of sp³-hybridized carbons (Fsp3) is 0.250. The Balaban J connectivity index is 1.98. The molecule has 3 aromatic rings. The van der Waals surface area contributed by atoms with Crippen molar-refractivity contribution in [2.45, 2.75) is 20.8 Å². The number of aromatic carboxylic acids is 1. The third kappa shape index (κ3) is 3.81. The van der Waals surface area contributed by atoms with Gasteiger partial charge in [-0.3, -0.25) is 4.79 Å². The topological polar surface area (TPSA) is 86.3 Å². The Labute approximate surface area is 171 Å². The van der Waals surface area contributed by atoms with Crippen molar-refractivity contribution in [3.05, 3.63) is 56.4 Å². The second-order valence-corrected chi connectivity index (χ2v) is 7.62. The Bertz CT molecular complexity index is 1110. The molecule has 0 aliphatic rings. The van der Waals surface area contributed by atoms with E-state index in [4.69, 9.17) is 11.6 Å². The Morgan fingerprint density at radius 1 is 1.29 bits per heavy atom. The third-order valence-corrected chi connectivity index (χ3v) is 6.00. The van der Waals surface area contributed by atoms with Crippen molar-refractivity contribution in [1.29, 1.82) is 0 Å². The molecule has 0 fully saturated rings. The molecule has 6 nitrogen and oxygen atoms in total. The molecule has 0 saturated heterocycles. The maximum Gasteiger partial charge on any atom is 0.346 e. The number of hydrogen-bond acceptors (Lipinski definition) is 5. The molecular formula is C20H20ClN3O3S. The number of fused-ring (bicyclic) bond motifs is 1.